The van der Waals surface area contributed by atoms with E-state index >= 15 is 0 Å². The summed E-state index contributed by atoms with van der Waals surface area (Å²) in [6.07, 6.45) is 1.49. The predicted molar refractivity (Wildman–Crippen MR) is 62.1 cm³/mol. The first-order chi connectivity index (χ1) is 7.97. The Morgan fingerprint density at radius 1 is 1.59 bits per heavy atom. The number of amides is 1. The Balaban J connectivity index is 2.18. The molecule has 1 aromatic rings. The first-order valence-electron chi connectivity index (χ1n) is 5.28. The van der Waals surface area contributed by atoms with Crippen LogP contribution in [0.3, 0.4) is 0 Å². The summed E-state index contributed by atoms with van der Waals surface area (Å²) in [6, 6.07) is 0. The van der Waals surface area contributed by atoms with Gasteiger partial charge in [-0.2, -0.15) is 5.10 Å². The molecule has 0 atom stereocenters. The Morgan fingerprint density at radius 2 is 2.35 bits per heavy atom. The summed E-state index contributed by atoms with van der Waals surface area (Å²) in [5.74, 6) is 6.14. The van der Waals surface area contributed by atoms with Gasteiger partial charge in [0, 0.05) is 13.0 Å². The fraction of sp³-hybridized carbons (Fsp3) is 0.545. The molecule has 1 aromatic heterocycles. The van der Waals surface area contributed by atoms with Crippen LogP contribution in [0.1, 0.15) is 33.0 Å². The first kappa shape index (κ1) is 13.0. The Morgan fingerprint density at radius 3 is 2.94 bits per heavy atom. The van der Waals surface area contributed by atoms with Crippen LogP contribution in [0.4, 0.5) is 4.79 Å². The molecule has 92 valence electrons. The molecular formula is C11H16N4O2. The number of carbonyl (C=O) groups is 1. The Bertz CT molecular complexity index is 409. The maximum Gasteiger partial charge on any atom is 0.407 e. The van der Waals surface area contributed by atoms with Crippen molar-refractivity contribution < 1.29 is 9.53 Å². The van der Waals surface area contributed by atoms with E-state index in [4.69, 9.17) is 4.74 Å². The van der Waals surface area contributed by atoms with E-state index in [9.17, 15) is 4.79 Å². The average Bonchev–Trinajstić information content (AvgIpc) is 2.67. The van der Waals surface area contributed by atoms with Gasteiger partial charge in [-0.25, -0.2) is 9.78 Å². The second-order valence-electron chi connectivity index (χ2n) is 4.31. The molecule has 6 nitrogen and oxygen atoms in total. The van der Waals surface area contributed by atoms with Crippen molar-refractivity contribution in [3.63, 3.8) is 0 Å². The van der Waals surface area contributed by atoms with Crippen molar-refractivity contribution in [2.24, 2.45) is 0 Å². The van der Waals surface area contributed by atoms with E-state index in [-0.39, 0.29) is 0 Å². The molecule has 1 rings (SSSR count). The molecule has 0 unspecified atom stereocenters. The number of aromatic amines is 1. The first-order valence-corrected chi connectivity index (χ1v) is 5.28. The maximum atomic E-state index is 11.2. The SMILES string of the molecule is CC(C)(C)OC(=O)NCCC#Cc1ncn[nH]1. The van der Waals surface area contributed by atoms with Crippen LogP contribution in [-0.2, 0) is 4.74 Å². The summed E-state index contributed by atoms with van der Waals surface area (Å²) >= 11 is 0. The number of hydrogen-bond acceptors (Lipinski definition) is 4. The zero-order valence-corrected chi connectivity index (χ0v) is 10.2. The average molecular weight is 236 g/mol. The monoisotopic (exact) mass is 236 g/mol. The van der Waals surface area contributed by atoms with Crippen molar-refractivity contribution >= 4 is 6.09 Å². The molecule has 0 saturated carbocycles. The van der Waals surface area contributed by atoms with Crippen molar-refractivity contribution in [2.45, 2.75) is 32.8 Å². The highest BCUT2D eigenvalue weighted by Crippen LogP contribution is 2.06. The zero-order valence-electron chi connectivity index (χ0n) is 10.2. The molecule has 1 amide bonds. The molecule has 6 heteroatoms. The maximum absolute atomic E-state index is 11.2. The fourth-order valence-electron chi connectivity index (χ4n) is 0.953. The Labute approximate surface area is 100 Å². The van der Waals surface area contributed by atoms with Gasteiger partial charge in [-0.3, -0.25) is 5.10 Å². The number of carbonyl (C=O) groups excluding carboxylic acids is 1. The lowest BCUT2D eigenvalue weighted by molar-refractivity contribution is 0.0529. The number of rotatable bonds is 2. The number of hydrogen-bond donors (Lipinski definition) is 2. The number of ether oxygens (including phenoxy) is 1. The van der Waals surface area contributed by atoms with Crippen LogP contribution >= 0.6 is 0 Å². The van der Waals surface area contributed by atoms with Gasteiger partial charge < -0.3 is 10.1 Å². The third kappa shape index (κ3) is 6.20. The van der Waals surface area contributed by atoms with E-state index in [0.717, 1.165) is 0 Å². The lowest BCUT2D eigenvalue weighted by Gasteiger charge is -2.19. The van der Waals surface area contributed by atoms with Crippen LogP contribution in [0, 0.1) is 11.8 Å². The standard InChI is InChI=1S/C11H16N4O2/c1-11(2,3)17-10(16)12-7-5-4-6-9-13-8-14-15-9/h8H,5,7H2,1-3H3,(H,12,16)(H,13,14,15). The van der Waals surface area contributed by atoms with Crippen molar-refractivity contribution in [1.29, 1.82) is 0 Å². The van der Waals surface area contributed by atoms with Crippen LogP contribution < -0.4 is 5.32 Å². The van der Waals surface area contributed by atoms with Gasteiger partial charge in [0.25, 0.3) is 0 Å². The van der Waals surface area contributed by atoms with Gasteiger partial charge in [0.2, 0.25) is 5.82 Å². The van der Waals surface area contributed by atoms with Crippen molar-refractivity contribution in [2.75, 3.05) is 6.54 Å². The quantitative estimate of drug-likeness (QED) is 0.594. The molecule has 2 N–H and O–H groups in total. The van der Waals surface area contributed by atoms with E-state index in [2.05, 4.69) is 32.3 Å². The summed E-state index contributed by atoms with van der Waals surface area (Å²) < 4.78 is 5.06. The molecule has 0 fully saturated rings. The number of nitrogens with one attached hydrogen (secondary N) is 2. The molecule has 0 aliphatic heterocycles. The fourth-order valence-corrected chi connectivity index (χ4v) is 0.953. The largest absolute Gasteiger partial charge is 0.444 e. The second-order valence-corrected chi connectivity index (χ2v) is 4.31. The highest BCUT2D eigenvalue weighted by molar-refractivity contribution is 5.67. The summed E-state index contributed by atoms with van der Waals surface area (Å²) in [5.41, 5.74) is -0.477. The Kier molecular flexibility index (Phi) is 4.52. The van der Waals surface area contributed by atoms with Gasteiger partial charge >= 0.3 is 6.09 Å². The minimum atomic E-state index is -0.477. The van der Waals surface area contributed by atoms with E-state index in [1.807, 2.05) is 20.8 Å². The number of aromatic nitrogens is 3. The predicted octanol–water partition coefficient (Wildman–Crippen LogP) is 1.07. The van der Waals surface area contributed by atoms with E-state index in [0.29, 0.717) is 18.8 Å². The van der Waals surface area contributed by atoms with Gasteiger partial charge in [-0.05, 0) is 26.7 Å². The molecule has 0 aromatic carbocycles. The molecule has 0 aliphatic carbocycles. The highest BCUT2D eigenvalue weighted by Gasteiger charge is 2.15. The Hall–Kier alpha value is -2.03. The van der Waals surface area contributed by atoms with Gasteiger partial charge in [0.05, 0.1) is 0 Å². The third-order valence-corrected chi connectivity index (χ3v) is 1.54. The lowest BCUT2D eigenvalue weighted by atomic mass is 10.2. The number of H-pyrrole nitrogens is 1. The number of alkyl carbamates (subject to hydrolysis) is 1. The second kappa shape index (κ2) is 5.89. The molecule has 0 bridgehead atoms. The smallest absolute Gasteiger partial charge is 0.407 e. The summed E-state index contributed by atoms with van der Waals surface area (Å²) in [6.45, 7) is 5.89. The molecule has 1 heterocycles. The van der Waals surface area contributed by atoms with Gasteiger partial charge in [-0.15, -0.1) is 0 Å². The van der Waals surface area contributed by atoms with Gasteiger partial charge in [-0.1, -0.05) is 5.92 Å². The minimum absolute atomic E-state index is 0.432. The van der Waals surface area contributed by atoms with Crippen molar-refractivity contribution in [1.82, 2.24) is 20.5 Å². The molecule has 17 heavy (non-hydrogen) atoms. The summed E-state index contributed by atoms with van der Waals surface area (Å²) in [5, 5.41) is 8.89. The van der Waals surface area contributed by atoms with Crippen LogP contribution in [-0.4, -0.2) is 33.4 Å². The minimum Gasteiger partial charge on any atom is -0.444 e. The zero-order chi connectivity index (χ0) is 12.7. The molecule has 0 aliphatic rings. The van der Waals surface area contributed by atoms with Crippen molar-refractivity contribution in [3.8, 4) is 11.8 Å². The van der Waals surface area contributed by atoms with Crippen molar-refractivity contribution in [3.05, 3.63) is 12.2 Å². The third-order valence-electron chi connectivity index (χ3n) is 1.54. The van der Waals surface area contributed by atoms with E-state index in [1.54, 1.807) is 0 Å². The topological polar surface area (TPSA) is 79.9 Å². The number of nitrogens with zero attached hydrogens (tertiary/aromatic N) is 2. The van der Waals surface area contributed by atoms with E-state index in [1.165, 1.54) is 6.33 Å². The lowest BCUT2D eigenvalue weighted by Crippen LogP contribution is -2.32. The van der Waals surface area contributed by atoms with Gasteiger partial charge in [0.1, 0.15) is 11.9 Å². The summed E-state index contributed by atoms with van der Waals surface area (Å²) in [4.78, 5) is 15.1. The van der Waals surface area contributed by atoms with Crippen LogP contribution in [0.25, 0.3) is 0 Å². The molecule has 0 saturated heterocycles. The van der Waals surface area contributed by atoms with Crippen LogP contribution in [0.15, 0.2) is 6.33 Å². The van der Waals surface area contributed by atoms with Crippen LogP contribution in [0.2, 0.25) is 0 Å². The van der Waals surface area contributed by atoms with Crippen LogP contribution in [0.5, 0.6) is 0 Å². The normalized spacial score (nSPS) is 10.3. The van der Waals surface area contributed by atoms with E-state index < -0.39 is 11.7 Å². The molecule has 0 spiro atoms. The summed E-state index contributed by atoms with van der Waals surface area (Å²) in [7, 11) is 0. The molecular weight excluding hydrogens is 220 g/mol. The van der Waals surface area contributed by atoms with Gasteiger partial charge in [0.15, 0.2) is 0 Å². The molecule has 0 radical (unpaired) electrons. The highest BCUT2D eigenvalue weighted by atomic mass is 16.6.